The number of carbonyl (C=O) groups is 1. The van der Waals surface area contributed by atoms with Gasteiger partial charge in [0.15, 0.2) is 41.9 Å². The van der Waals surface area contributed by atoms with Gasteiger partial charge in [0.1, 0.15) is 61.0 Å². The van der Waals surface area contributed by atoms with Gasteiger partial charge < -0.3 is 89.3 Å². The Kier molecular flexibility index (Phi) is 13.2. The van der Waals surface area contributed by atoms with E-state index < -0.39 is 111 Å². The molecular formula is C34H44O19. The predicted octanol–water partition coefficient (Wildman–Crippen LogP) is -2.55. The molecule has 294 valence electrons. The van der Waals surface area contributed by atoms with Crippen LogP contribution >= 0.6 is 0 Å². The van der Waals surface area contributed by atoms with Gasteiger partial charge in [-0.2, -0.15) is 0 Å². The predicted molar refractivity (Wildman–Crippen MR) is 174 cm³/mol. The van der Waals surface area contributed by atoms with Crippen LogP contribution in [0.2, 0.25) is 0 Å². The molecule has 0 saturated carbocycles. The minimum Gasteiger partial charge on any atom is -0.504 e. The molecule has 0 spiro atoms. The van der Waals surface area contributed by atoms with Gasteiger partial charge >= 0.3 is 5.97 Å². The average molecular weight is 757 g/mol. The molecule has 0 aliphatic carbocycles. The Bertz CT molecular complexity index is 1570. The molecule has 11 N–H and O–H groups in total. The zero-order valence-corrected chi connectivity index (χ0v) is 28.3. The lowest BCUT2D eigenvalue weighted by atomic mass is 9.96. The third-order valence-electron chi connectivity index (χ3n) is 9.10. The highest BCUT2D eigenvalue weighted by molar-refractivity contribution is 5.87. The quantitative estimate of drug-likeness (QED) is 0.0569. The number of benzene rings is 2. The van der Waals surface area contributed by atoms with Gasteiger partial charge in [0.2, 0.25) is 0 Å². The first-order chi connectivity index (χ1) is 25.1. The maximum Gasteiger partial charge on any atom is 0.330 e. The fraction of sp³-hybridized carbons (Fsp3) is 0.559. The first-order valence-electron chi connectivity index (χ1n) is 16.6. The van der Waals surface area contributed by atoms with Crippen molar-refractivity contribution < 1.29 is 94.1 Å². The number of rotatable bonds is 13. The van der Waals surface area contributed by atoms with Crippen molar-refractivity contribution in [1.29, 1.82) is 0 Å². The number of aliphatic hydroxyl groups excluding tert-OH is 6. The Morgan fingerprint density at radius 3 is 2.13 bits per heavy atom. The van der Waals surface area contributed by atoms with Gasteiger partial charge in [-0.3, -0.25) is 0 Å². The van der Waals surface area contributed by atoms with E-state index in [2.05, 4.69) is 0 Å². The molecular weight excluding hydrogens is 712 g/mol. The summed E-state index contributed by atoms with van der Waals surface area (Å²) in [6.07, 6.45) is -16.8. The molecule has 2 aromatic rings. The third kappa shape index (κ3) is 9.35. The van der Waals surface area contributed by atoms with Crippen LogP contribution in [0.3, 0.4) is 0 Å². The second kappa shape index (κ2) is 17.2. The Labute approximate surface area is 302 Å². The Balaban J connectivity index is 1.29. The smallest absolute Gasteiger partial charge is 0.330 e. The molecule has 0 amide bonds. The molecule has 53 heavy (non-hydrogen) atoms. The minimum atomic E-state index is -2.07. The highest BCUT2D eigenvalue weighted by atomic mass is 16.8. The fourth-order valence-electron chi connectivity index (χ4n) is 5.87. The summed E-state index contributed by atoms with van der Waals surface area (Å²) < 4.78 is 39.1. The molecule has 5 rings (SSSR count). The Morgan fingerprint density at radius 2 is 1.47 bits per heavy atom. The van der Waals surface area contributed by atoms with Gasteiger partial charge in [-0.15, -0.1) is 0 Å². The van der Waals surface area contributed by atoms with Gasteiger partial charge in [-0.05, 0) is 54.8 Å². The minimum absolute atomic E-state index is 0.130. The molecule has 1 unspecified atom stereocenters. The summed E-state index contributed by atoms with van der Waals surface area (Å²) in [6.45, 7) is -0.723. The zero-order chi connectivity index (χ0) is 38.6. The van der Waals surface area contributed by atoms with E-state index >= 15 is 0 Å². The summed E-state index contributed by atoms with van der Waals surface area (Å²) in [6, 6.07) is 7.94. The number of esters is 1. The molecule has 3 fully saturated rings. The number of carbonyl (C=O) groups excluding carboxylic acids is 1. The Morgan fingerprint density at radius 1 is 0.830 bits per heavy atom. The van der Waals surface area contributed by atoms with E-state index in [-0.39, 0.29) is 30.3 Å². The lowest BCUT2D eigenvalue weighted by Crippen LogP contribution is -2.65. The molecule has 3 saturated heterocycles. The lowest BCUT2D eigenvalue weighted by Gasteiger charge is -2.46. The van der Waals surface area contributed by atoms with E-state index in [0.717, 1.165) is 6.08 Å². The molecule has 0 radical (unpaired) electrons. The lowest BCUT2D eigenvalue weighted by molar-refractivity contribution is -0.366. The third-order valence-corrected chi connectivity index (χ3v) is 9.10. The van der Waals surface area contributed by atoms with Crippen molar-refractivity contribution in [3.05, 3.63) is 53.6 Å². The van der Waals surface area contributed by atoms with Crippen molar-refractivity contribution in [3.63, 3.8) is 0 Å². The monoisotopic (exact) mass is 756 g/mol. The number of ether oxygens (including phenoxy) is 7. The first-order valence-corrected chi connectivity index (χ1v) is 16.6. The summed E-state index contributed by atoms with van der Waals surface area (Å²) in [7, 11) is 0. The van der Waals surface area contributed by atoms with Crippen molar-refractivity contribution in [2.24, 2.45) is 0 Å². The van der Waals surface area contributed by atoms with E-state index in [1.165, 1.54) is 49.4 Å². The standard InChI is InChI=1S/C34H44O19/c1-15-24(41)28(53-33-30(45)34(46,13-35)14-49-33)27(44)32(50-15)52-29-25(42)22(12-48-23(40)7-4-16-2-5-18(36)20(38)10-16)51-31(26(29)43)47-9-8-17-3-6-19(37)21(39)11-17/h2-7,10-11,15,22,24-33,35-39,41-46H,8-9,12-14H2,1H3/b7-4+/t15-,22+,24-,25+,26+,27+,28+,29-,30-,31+,32-,33-,34?/m0/s1. The van der Waals surface area contributed by atoms with Crippen LogP contribution in [0.5, 0.6) is 23.0 Å². The van der Waals surface area contributed by atoms with E-state index in [1.54, 1.807) is 0 Å². The molecule has 0 aromatic heterocycles. The van der Waals surface area contributed by atoms with E-state index in [1.807, 2.05) is 0 Å². The zero-order valence-electron chi connectivity index (χ0n) is 28.3. The SMILES string of the molecule is C[C@@H]1O[C@@H](O[C@@H]2[C@@H](O)[C@H](OCCc3ccc(O)c(O)c3)O[C@H](COC(=O)/C=C/c3ccc(O)c(O)c3)[C@H]2O)[C@H](O)[C@H](O[C@@H]2OCC(O)(CO)[C@H]2O)[C@H]1O. The van der Waals surface area contributed by atoms with Crippen LogP contribution in [-0.4, -0.2) is 168 Å². The number of aromatic hydroxyl groups is 4. The van der Waals surface area contributed by atoms with Crippen molar-refractivity contribution in [2.75, 3.05) is 26.4 Å². The maximum atomic E-state index is 12.6. The van der Waals surface area contributed by atoms with Gasteiger partial charge in [-0.25, -0.2) is 4.79 Å². The normalized spacial score (nSPS) is 36.2. The number of phenolic OH excluding ortho intramolecular Hbond substituents is 4. The van der Waals surface area contributed by atoms with Gasteiger partial charge in [0.05, 0.1) is 25.9 Å². The van der Waals surface area contributed by atoms with E-state index in [9.17, 15) is 61.0 Å². The van der Waals surface area contributed by atoms with E-state index in [0.29, 0.717) is 11.1 Å². The molecule has 3 heterocycles. The number of hydrogen-bond donors (Lipinski definition) is 11. The number of aliphatic hydroxyl groups is 7. The van der Waals surface area contributed by atoms with Crippen LogP contribution in [0.4, 0.5) is 0 Å². The highest BCUT2D eigenvalue weighted by Crippen LogP contribution is 2.34. The summed E-state index contributed by atoms with van der Waals surface area (Å²) >= 11 is 0. The molecule has 3 aliphatic rings. The van der Waals surface area contributed by atoms with Crippen LogP contribution in [0.15, 0.2) is 42.5 Å². The maximum absolute atomic E-state index is 12.6. The van der Waals surface area contributed by atoms with Crippen LogP contribution in [0, 0.1) is 0 Å². The largest absolute Gasteiger partial charge is 0.504 e. The molecule has 0 bridgehead atoms. The van der Waals surface area contributed by atoms with Crippen LogP contribution in [0.1, 0.15) is 18.1 Å². The second-order valence-corrected chi connectivity index (χ2v) is 13.0. The first kappa shape index (κ1) is 40.5. The van der Waals surface area contributed by atoms with Crippen LogP contribution in [-0.2, 0) is 44.4 Å². The highest BCUT2D eigenvalue weighted by Gasteiger charge is 2.54. The van der Waals surface area contributed by atoms with Gasteiger partial charge in [0, 0.05) is 6.08 Å². The second-order valence-electron chi connectivity index (χ2n) is 13.0. The molecule has 3 aliphatic heterocycles. The number of phenols is 4. The van der Waals surface area contributed by atoms with Crippen molar-refractivity contribution in [2.45, 2.75) is 92.8 Å². The van der Waals surface area contributed by atoms with E-state index in [4.69, 9.17) is 33.2 Å². The average Bonchev–Trinajstić information content (AvgIpc) is 3.42. The van der Waals surface area contributed by atoms with Crippen molar-refractivity contribution in [3.8, 4) is 23.0 Å². The topological polar surface area (TPSA) is 304 Å². The summed E-state index contributed by atoms with van der Waals surface area (Å²) in [4.78, 5) is 12.6. The molecule has 13 atom stereocenters. The fourth-order valence-corrected chi connectivity index (χ4v) is 5.87. The van der Waals surface area contributed by atoms with Crippen molar-refractivity contribution in [1.82, 2.24) is 0 Å². The number of hydrogen-bond acceptors (Lipinski definition) is 19. The summed E-state index contributed by atoms with van der Waals surface area (Å²) in [5, 5.41) is 113. The van der Waals surface area contributed by atoms with Crippen LogP contribution in [0.25, 0.3) is 6.08 Å². The van der Waals surface area contributed by atoms with Gasteiger partial charge in [0.25, 0.3) is 0 Å². The van der Waals surface area contributed by atoms with Crippen LogP contribution < -0.4 is 0 Å². The Hall–Kier alpha value is -3.67. The van der Waals surface area contributed by atoms with Gasteiger partial charge in [-0.1, -0.05) is 12.1 Å². The molecule has 2 aromatic carbocycles. The van der Waals surface area contributed by atoms with Crippen molar-refractivity contribution >= 4 is 12.0 Å². The molecule has 19 heteroatoms. The summed E-state index contributed by atoms with van der Waals surface area (Å²) in [5.41, 5.74) is -1.17. The molecule has 19 nitrogen and oxygen atoms in total. The summed E-state index contributed by atoms with van der Waals surface area (Å²) in [5.74, 6) is -2.37.